The van der Waals surface area contributed by atoms with Crippen LogP contribution in [0.5, 0.6) is 23.0 Å². The van der Waals surface area contributed by atoms with Gasteiger partial charge in [0.1, 0.15) is 24.6 Å². The largest absolute Gasteiger partial charge is 0.514 e. The summed E-state index contributed by atoms with van der Waals surface area (Å²) in [5.41, 5.74) is 1.14. The molecule has 0 fully saturated rings. The number of carbonyl (C=O) groups is 2. The maximum absolute atomic E-state index is 12.4. The summed E-state index contributed by atoms with van der Waals surface area (Å²) in [5.74, 6) is 1.02. The van der Waals surface area contributed by atoms with Crippen molar-refractivity contribution in [1.82, 2.24) is 0 Å². The first-order chi connectivity index (χ1) is 20.6. The third-order valence-electron chi connectivity index (χ3n) is 7.37. The van der Waals surface area contributed by atoms with Gasteiger partial charge in [-0.3, -0.25) is 4.79 Å². The molecule has 2 rings (SSSR count). The molecule has 10 heteroatoms. The van der Waals surface area contributed by atoms with E-state index in [-0.39, 0.29) is 24.7 Å². The quantitative estimate of drug-likeness (QED) is 0.0647. The van der Waals surface area contributed by atoms with Crippen molar-refractivity contribution >= 4 is 20.8 Å². The summed E-state index contributed by atoms with van der Waals surface area (Å²) in [6.07, 6.45) is -0.641. The van der Waals surface area contributed by atoms with Gasteiger partial charge in [0.2, 0.25) is 0 Å². The first-order valence-corrected chi connectivity index (χ1v) is 17.1. The van der Waals surface area contributed by atoms with Crippen molar-refractivity contribution in [2.24, 2.45) is 0 Å². The van der Waals surface area contributed by atoms with Crippen LogP contribution in [0.25, 0.3) is 0 Å². The van der Waals surface area contributed by atoms with E-state index in [4.69, 9.17) is 28.1 Å². The van der Waals surface area contributed by atoms with Crippen LogP contribution in [0.4, 0.5) is 4.79 Å². The van der Waals surface area contributed by atoms with Crippen molar-refractivity contribution in [3.63, 3.8) is 0 Å². The molecule has 2 atom stereocenters. The van der Waals surface area contributed by atoms with Crippen LogP contribution in [0.2, 0.25) is 16.6 Å². The molecule has 1 N–H and O–H groups in total. The molecule has 244 valence electrons. The second-order valence-corrected chi connectivity index (χ2v) is 18.1. The number of ether oxygens (including phenoxy) is 5. The second kappa shape index (κ2) is 16.1. The topological polar surface area (TPSA) is 110 Å². The molecule has 0 aromatic heterocycles. The lowest BCUT2D eigenvalue weighted by molar-refractivity contribution is -0.000779. The van der Waals surface area contributed by atoms with Gasteiger partial charge in [-0.25, -0.2) is 4.79 Å². The average Bonchev–Trinajstić information content (AvgIpc) is 2.93. The molecule has 0 radical (unpaired) electrons. The molecule has 2 aromatic rings. The van der Waals surface area contributed by atoms with Crippen LogP contribution in [0.15, 0.2) is 49.1 Å². The number of benzene rings is 2. The van der Waals surface area contributed by atoms with E-state index in [1.54, 1.807) is 63.2 Å². The van der Waals surface area contributed by atoms with E-state index in [0.717, 1.165) is 0 Å². The molecular weight excluding hydrogens is 580 g/mol. The highest BCUT2D eigenvalue weighted by Gasteiger charge is 2.46. The third-order valence-corrected chi connectivity index (χ3v) is 13.5. The molecule has 9 nitrogen and oxygen atoms in total. The second-order valence-electron chi connectivity index (χ2n) is 12.6. The van der Waals surface area contributed by atoms with Crippen LogP contribution in [0.3, 0.4) is 0 Å². The zero-order valence-electron chi connectivity index (χ0n) is 27.8. The SMILES string of the molecule is C=CCOc1cc(C=O)ccc1O[C@@H](c1ccc(OC(=O)OC(C)(C)C)c(OC)c1)[C@H](O)CO[Si](C(C)C)(C(C)C)C(C)C. The van der Waals surface area contributed by atoms with Crippen LogP contribution in [-0.2, 0) is 9.16 Å². The highest BCUT2D eigenvalue weighted by Crippen LogP contribution is 2.43. The maximum atomic E-state index is 12.4. The van der Waals surface area contributed by atoms with E-state index < -0.39 is 32.3 Å². The summed E-state index contributed by atoms with van der Waals surface area (Å²) in [6.45, 7) is 22.2. The number of aliphatic hydroxyl groups is 1. The van der Waals surface area contributed by atoms with Crippen LogP contribution in [0.1, 0.15) is 84.3 Å². The Morgan fingerprint density at radius 1 is 0.932 bits per heavy atom. The fourth-order valence-corrected chi connectivity index (χ4v) is 11.0. The van der Waals surface area contributed by atoms with Gasteiger partial charge in [-0.2, -0.15) is 0 Å². The van der Waals surface area contributed by atoms with E-state index in [1.165, 1.54) is 7.11 Å². The van der Waals surface area contributed by atoms with Crippen LogP contribution < -0.4 is 18.9 Å². The number of aldehydes is 1. The summed E-state index contributed by atoms with van der Waals surface area (Å²) in [4.78, 5) is 23.8. The van der Waals surface area contributed by atoms with Crippen molar-refractivity contribution in [3.05, 3.63) is 60.2 Å². The van der Waals surface area contributed by atoms with Crippen molar-refractivity contribution < 1.29 is 42.8 Å². The van der Waals surface area contributed by atoms with E-state index in [2.05, 4.69) is 48.1 Å². The summed E-state index contributed by atoms with van der Waals surface area (Å²) in [7, 11) is -0.873. The van der Waals surface area contributed by atoms with Crippen LogP contribution >= 0.6 is 0 Å². The summed E-state index contributed by atoms with van der Waals surface area (Å²) < 4.78 is 35.2. The van der Waals surface area contributed by atoms with Gasteiger partial charge in [0, 0.05) is 5.56 Å². The Labute approximate surface area is 263 Å². The first-order valence-electron chi connectivity index (χ1n) is 15.0. The summed E-state index contributed by atoms with van der Waals surface area (Å²) >= 11 is 0. The minimum absolute atomic E-state index is 0.0270. The molecule has 0 heterocycles. The van der Waals surface area contributed by atoms with Gasteiger partial charge < -0.3 is 33.2 Å². The lowest BCUT2D eigenvalue weighted by Gasteiger charge is -2.43. The molecular formula is C34H50O9Si. The van der Waals surface area contributed by atoms with E-state index >= 15 is 0 Å². The number of aliphatic hydroxyl groups excluding tert-OH is 1. The lowest BCUT2D eigenvalue weighted by atomic mass is 10.0. The predicted molar refractivity (Wildman–Crippen MR) is 174 cm³/mol. The molecule has 0 bridgehead atoms. The standard InChI is InChI=1S/C34H50O9Si/c1-12-17-39-31-18-25(20-35)13-15-29(31)41-32(27(36)21-40-44(22(2)3,23(4)5)24(6)7)26-14-16-28(30(19-26)38-11)42-33(37)43-34(8,9)10/h12-16,18-20,22-24,27,32,36H,1,17,21H2,2-11H3/t27-,32+/m1/s1. The molecule has 44 heavy (non-hydrogen) atoms. The van der Waals surface area contributed by atoms with Gasteiger partial charge in [0.05, 0.1) is 13.7 Å². The molecule has 0 saturated carbocycles. The van der Waals surface area contributed by atoms with E-state index in [1.807, 2.05) is 0 Å². The molecule has 0 spiro atoms. The Hall–Kier alpha value is -3.34. The minimum atomic E-state index is -2.32. The predicted octanol–water partition coefficient (Wildman–Crippen LogP) is 8.06. The number of methoxy groups -OCH3 is 1. The number of rotatable bonds is 16. The van der Waals surface area contributed by atoms with Gasteiger partial charge in [-0.15, -0.1) is 0 Å². The average molecular weight is 631 g/mol. The molecule has 0 unspecified atom stereocenters. The minimum Gasteiger partial charge on any atom is -0.493 e. The molecule has 2 aromatic carbocycles. The highest BCUT2D eigenvalue weighted by atomic mass is 28.4. The molecule has 0 aliphatic rings. The van der Waals surface area contributed by atoms with E-state index in [0.29, 0.717) is 45.5 Å². The monoisotopic (exact) mass is 630 g/mol. The lowest BCUT2D eigenvalue weighted by Crippen LogP contribution is -2.49. The Bertz CT molecular complexity index is 1230. The summed E-state index contributed by atoms with van der Waals surface area (Å²) in [6, 6.07) is 9.67. The fraction of sp³-hybridized carbons (Fsp3) is 0.529. The number of hydrogen-bond donors (Lipinski definition) is 1. The van der Waals surface area contributed by atoms with Crippen LogP contribution in [-0.4, -0.2) is 57.9 Å². The van der Waals surface area contributed by atoms with Crippen molar-refractivity contribution in [2.45, 2.75) is 96.7 Å². The Morgan fingerprint density at radius 3 is 2.07 bits per heavy atom. The first kappa shape index (κ1) is 36.8. The van der Waals surface area contributed by atoms with Crippen LogP contribution in [0, 0.1) is 0 Å². The number of carbonyl (C=O) groups excluding carboxylic acids is 2. The van der Waals surface area contributed by atoms with Crippen molar-refractivity contribution in [3.8, 4) is 23.0 Å². The van der Waals surface area contributed by atoms with Gasteiger partial charge in [0.25, 0.3) is 0 Å². The molecule has 0 saturated heterocycles. The fourth-order valence-electron chi connectivity index (χ4n) is 5.59. The third kappa shape index (κ3) is 9.58. The van der Waals surface area contributed by atoms with Gasteiger partial charge in [0.15, 0.2) is 37.4 Å². The Morgan fingerprint density at radius 2 is 1.55 bits per heavy atom. The smallest absolute Gasteiger partial charge is 0.493 e. The molecule has 0 aliphatic heterocycles. The van der Waals surface area contributed by atoms with Gasteiger partial charge >= 0.3 is 6.16 Å². The van der Waals surface area contributed by atoms with Gasteiger partial charge in [-0.1, -0.05) is 60.3 Å². The van der Waals surface area contributed by atoms with Crippen molar-refractivity contribution in [2.75, 3.05) is 20.3 Å². The maximum Gasteiger partial charge on any atom is 0.514 e. The zero-order valence-corrected chi connectivity index (χ0v) is 28.8. The highest BCUT2D eigenvalue weighted by molar-refractivity contribution is 6.77. The number of hydrogen-bond acceptors (Lipinski definition) is 9. The molecule has 0 amide bonds. The van der Waals surface area contributed by atoms with Crippen molar-refractivity contribution in [1.29, 1.82) is 0 Å². The molecule has 0 aliphatic carbocycles. The summed E-state index contributed by atoms with van der Waals surface area (Å²) in [5, 5.41) is 11.7. The Kier molecular flexibility index (Phi) is 13.5. The zero-order chi connectivity index (χ0) is 33.2. The van der Waals surface area contributed by atoms with E-state index in [9.17, 15) is 14.7 Å². The van der Waals surface area contributed by atoms with Gasteiger partial charge in [-0.05, 0) is 73.3 Å². The Balaban J connectivity index is 2.56. The normalized spacial score (nSPS) is 13.4.